The Kier molecular flexibility index (Phi) is 8.24. The summed E-state index contributed by atoms with van der Waals surface area (Å²) in [6.07, 6.45) is 1.35. The van der Waals surface area contributed by atoms with Crippen LogP contribution in [0.2, 0.25) is 0 Å². The van der Waals surface area contributed by atoms with Gasteiger partial charge in [0.1, 0.15) is 11.6 Å². The average molecular weight is 630 g/mol. The Bertz CT molecular complexity index is 1230. The van der Waals surface area contributed by atoms with Gasteiger partial charge < -0.3 is 9.47 Å². The maximum Gasteiger partial charge on any atom is 0.347 e. The van der Waals surface area contributed by atoms with Gasteiger partial charge in [0.15, 0.2) is 6.10 Å². The minimum absolute atomic E-state index is 0.245. The highest BCUT2D eigenvalue weighted by Crippen LogP contribution is 2.35. The molecule has 0 aliphatic heterocycles. The Morgan fingerprint density at radius 1 is 1.19 bits per heavy atom. The summed E-state index contributed by atoms with van der Waals surface area (Å²) in [4.78, 5) is 29.4. The molecule has 0 amide bonds. The third-order valence-electron chi connectivity index (χ3n) is 4.45. The van der Waals surface area contributed by atoms with E-state index in [1.54, 1.807) is 44.3 Å². The van der Waals surface area contributed by atoms with Crippen molar-refractivity contribution in [3.8, 4) is 5.75 Å². The molecule has 1 heterocycles. The van der Waals surface area contributed by atoms with Gasteiger partial charge in [-0.25, -0.2) is 9.78 Å². The molecule has 0 saturated carbocycles. The van der Waals surface area contributed by atoms with Crippen LogP contribution < -0.4 is 10.3 Å². The first-order valence-corrected chi connectivity index (χ1v) is 12.2. The highest BCUT2D eigenvalue weighted by Gasteiger charge is 2.19. The van der Waals surface area contributed by atoms with Gasteiger partial charge in [-0.1, -0.05) is 22.9 Å². The van der Waals surface area contributed by atoms with Crippen molar-refractivity contribution in [3.05, 3.63) is 65.5 Å². The monoisotopic (exact) mass is 627 g/mol. The van der Waals surface area contributed by atoms with Crippen molar-refractivity contribution < 1.29 is 14.3 Å². The zero-order chi connectivity index (χ0) is 23.4. The molecule has 0 spiro atoms. The van der Waals surface area contributed by atoms with Gasteiger partial charge in [0.2, 0.25) is 0 Å². The first kappa shape index (κ1) is 24.6. The van der Waals surface area contributed by atoms with E-state index in [1.165, 1.54) is 4.68 Å². The summed E-state index contributed by atoms with van der Waals surface area (Å²) < 4.78 is 14.1. The number of nitrogens with zero attached hydrogens (tertiary/aromatic N) is 3. The minimum Gasteiger partial charge on any atom is -0.477 e. The van der Waals surface area contributed by atoms with Crippen LogP contribution in [0.25, 0.3) is 10.9 Å². The number of carbonyl (C=O) groups excluding carboxylic acids is 1. The largest absolute Gasteiger partial charge is 0.477 e. The maximum atomic E-state index is 13.0. The van der Waals surface area contributed by atoms with Gasteiger partial charge in [0.05, 0.1) is 32.7 Å². The molecular formula is C22H20Br3N3O4. The van der Waals surface area contributed by atoms with Gasteiger partial charge in [-0.3, -0.25) is 4.79 Å². The molecule has 168 valence electrons. The van der Waals surface area contributed by atoms with E-state index in [0.717, 1.165) is 4.47 Å². The summed E-state index contributed by atoms with van der Waals surface area (Å²) in [5.74, 6) is 0.576. The van der Waals surface area contributed by atoms with Crippen LogP contribution in [-0.2, 0) is 16.0 Å². The van der Waals surface area contributed by atoms with Gasteiger partial charge in [0.25, 0.3) is 5.56 Å². The lowest BCUT2D eigenvalue weighted by Crippen LogP contribution is -2.26. The third kappa shape index (κ3) is 5.47. The second-order valence-electron chi connectivity index (χ2n) is 6.73. The smallest absolute Gasteiger partial charge is 0.347 e. The number of hydrogen-bond acceptors (Lipinski definition) is 6. The van der Waals surface area contributed by atoms with E-state index in [0.29, 0.717) is 43.4 Å². The Morgan fingerprint density at radius 3 is 2.50 bits per heavy atom. The van der Waals surface area contributed by atoms with Crippen molar-refractivity contribution in [2.75, 3.05) is 6.61 Å². The van der Waals surface area contributed by atoms with Crippen molar-refractivity contribution in [2.24, 2.45) is 5.10 Å². The van der Waals surface area contributed by atoms with Crippen LogP contribution in [0.4, 0.5) is 0 Å². The van der Waals surface area contributed by atoms with Crippen molar-refractivity contribution in [3.63, 3.8) is 0 Å². The van der Waals surface area contributed by atoms with Crippen molar-refractivity contribution >= 4 is 70.9 Å². The van der Waals surface area contributed by atoms with E-state index in [1.807, 2.05) is 13.0 Å². The first-order valence-electron chi connectivity index (χ1n) is 9.83. The molecule has 3 aromatic rings. The predicted octanol–water partition coefficient (Wildman–Crippen LogP) is 5.46. The molecule has 0 fully saturated rings. The summed E-state index contributed by atoms with van der Waals surface area (Å²) in [6.45, 7) is 5.56. The maximum absolute atomic E-state index is 13.0. The first-order chi connectivity index (χ1) is 15.2. The van der Waals surface area contributed by atoms with Crippen LogP contribution >= 0.6 is 47.8 Å². The van der Waals surface area contributed by atoms with E-state index >= 15 is 0 Å². The van der Waals surface area contributed by atoms with E-state index in [-0.39, 0.29) is 12.2 Å². The van der Waals surface area contributed by atoms with Crippen LogP contribution in [0.1, 0.15) is 32.2 Å². The van der Waals surface area contributed by atoms with E-state index in [2.05, 4.69) is 57.9 Å². The van der Waals surface area contributed by atoms with Crippen LogP contribution in [-0.4, -0.2) is 34.6 Å². The second-order valence-corrected chi connectivity index (χ2v) is 9.35. The number of halogens is 3. The fourth-order valence-electron chi connectivity index (χ4n) is 2.92. The lowest BCUT2D eigenvalue weighted by Gasteiger charge is -2.16. The highest BCUT2D eigenvalue weighted by atomic mass is 79.9. The fourth-order valence-corrected chi connectivity index (χ4v) is 4.69. The zero-order valence-corrected chi connectivity index (χ0v) is 22.3. The van der Waals surface area contributed by atoms with Crippen LogP contribution in [0.5, 0.6) is 5.75 Å². The number of carbonyl (C=O) groups is 1. The molecule has 7 nitrogen and oxygen atoms in total. The second kappa shape index (κ2) is 10.7. The molecule has 0 radical (unpaired) electrons. The molecule has 0 N–H and O–H groups in total. The molecule has 0 bridgehead atoms. The molecule has 0 aliphatic rings. The Hall–Kier alpha value is -2.04. The topological polar surface area (TPSA) is 82.8 Å². The summed E-state index contributed by atoms with van der Waals surface area (Å²) >= 11 is 10.3. The number of ether oxygens (including phenoxy) is 2. The molecule has 10 heteroatoms. The quantitative estimate of drug-likeness (QED) is 0.256. The van der Waals surface area contributed by atoms with Gasteiger partial charge in [-0.2, -0.15) is 9.78 Å². The van der Waals surface area contributed by atoms with Gasteiger partial charge in [-0.15, -0.1) is 0 Å². The summed E-state index contributed by atoms with van der Waals surface area (Å²) in [5.41, 5.74) is 1.10. The van der Waals surface area contributed by atoms with Gasteiger partial charge >= 0.3 is 5.97 Å². The van der Waals surface area contributed by atoms with Crippen LogP contribution in [0.15, 0.2) is 53.6 Å². The van der Waals surface area contributed by atoms with Gasteiger partial charge in [0, 0.05) is 10.9 Å². The number of aromatic nitrogens is 2. The lowest BCUT2D eigenvalue weighted by molar-refractivity contribution is -0.150. The number of aryl methyl sites for hydroxylation is 1. The molecule has 3 rings (SSSR count). The normalized spacial score (nSPS) is 12.3. The number of esters is 1. The minimum atomic E-state index is -0.768. The number of hydrogen-bond donors (Lipinski definition) is 0. The molecule has 32 heavy (non-hydrogen) atoms. The van der Waals surface area contributed by atoms with Crippen molar-refractivity contribution in [1.82, 2.24) is 9.66 Å². The molecular weight excluding hydrogens is 610 g/mol. The molecule has 1 atom stereocenters. The molecule has 2 aromatic carbocycles. The van der Waals surface area contributed by atoms with Crippen LogP contribution in [0.3, 0.4) is 0 Å². The lowest BCUT2D eigenvalue weighted by atomic mass is 10.2. The summed E-state index contributed by atoms with van der Waals surface area (Å²) in [5, 5.41) is 4.88. The SMILES string of the molecule is CCOC(=O)[C@H](C)Oc1c(Br)cc(C=Nn2c(CC)nc3ccc(Br)cc3c2=O)cc1Br. The van der Waals surface area contributed by atoms with E-state index in [9.17, 15) is 9.59 Å². The van der Waals surface area contributed by atoms with Crippen molar-refractivity contribution in [2.45, 2.75) is 33.3 Å². The van der Waals surface area contributed by atoms with E-state index < -0.39 is 12.1 Å². The average Bonchev–Trinajstić information content (AvgIpc) is 2.75. The zero-order valence-electron chi connectivity index (χ0n) is 17.6. The van der Waals surface area contributed by atoms with Crippen LogP contribution in [0, 0.1) is 0 Å². The molecule has 0 aliphatic carbocycles. The molecule has 0 unspecified atom stereocenters. The summed E-state index contributed by atoms with van der Waals surface area (Å²) in [7, 11) is 0. The molecule has 0 saturated heterocycles. The Labute approximate surface area is 210 Å². The Balaban J connectivity index is 1.95. The number of fused-ring (bicyclic) bond motifs is 1. The fraction of sp³-hybridized carbons (Fsp3) is 0.273. The van der Waals surface area contributed by atoms with Crippen molar-refractivity contribution in [1.29, 1.82) is 0 Å². The number of benzene rings is 2. The standard InChI is InChI=1S/C22H20Br3N3O4/c1-4-19-27-18-7-6-14(23)10-15(18)21(29)28(19)26-11-13-8-16(24)20(17(25)9-13)32-12(3)22(30)31-5-2/h6-12H,4-5H2,1-3H3/t12-/m0/s1. The third-order valence-corrected chi connectivity index (χ3v) is 6.12. The number of rotatable bonds is 7. The van der Waals surface area contributed by atoms with E-state index in [4.69, 9.17) is 9.47 Å². The summed E-state index contributed by atoms with van der Waals surface area (Å²) in [6, 6.07) is 8.95. The van der Waals surface area contributed by atoms with Gasteiger partial charge in [-0.05, 0) is 81.6 Å². The highest BCUT2D eigenvalue weighted by molar-refractivity contribution is 9.11. The Morgan fingerprint density at radius 2 is 1.88 bits per heavy atom. The molecule has 1 aromatic heterocycles. The predicted molar refractivity (Wildman–Crippen MR) is 135 cm³/mol.